The van der Waals surface area contributed by atoms with Crippen LogP contribution in [0.4, 0.5) is 10.5 Å². The number of Topliss-reactive ketones (excluding diaryl/α,β-unsaturated/α-hetero) is 1. The summed E-state index contributed by atoms with van der Waals surface area (Å²) >= 11 is 0. The maximum atomic E-state index is 12.7. The SMILES string of the molecule is CCCN(C(=O)OC)C1C(=O)N2C(C(=O)OCc3ccc([N+](=O)[O-])cc3)C(=O)CC12. The number of carbonyl (C=O) groups excluding carboxylic acids is 4. The fourth-order valence-electron chi connectivity index (χ4n) is 3.79. The Morgan fingerprint density at radius 3 is 2.50 bits per heavy atom. The Balaban J connectivity index is 1.66. The van der Waals surface area contributed by atoms with Gasteiger partial charge in [0.15, 0.2) is 11.8 Å². The Kier molecular flexibility index (Phi) is 5.99. The summed E-state index contributed by atoms with van der Waals surface area (Å²) < 4.78 is 9.89. The van der Waals surface area contributed by atoms with Crippen LogP contribution in [0.15, 0.2) is 24.3 Å². The first-order chi connectivity index (χ1) is 14.3. The largest absolute Gasteiger partial charge is 0.459 e. The smallest absolute Gasteiger partial charge is 0.410 e. The number of carbonyl (C=O) groups is 4. The molecule has 1 aromatic carbocycles. The van der Waals surface area contributed by atoms with E-state index in [4.69, 9.17) is 9.47 Å². The highest BCUT2D eigenvalue weighted by atomic mass is 16.6. The number of ketones is 1. The second-order valence-corrected chi connectivity index (χ2v) is 7.03. The molecule has 11 nitrogen and oxygen atoms in total. The highest BCUT2D eigenvalue weighted by molar-refractivity contribution is 6.12. The number of β-lactam (4-membered cyclic amide) rings is 1. The van der Waals surface area contributed by atoms with E-state index in [1.807, 2.05) is 6.92 Å². The summed E-state index contributed by atoms with van der Waals surface area (Å²) in [6.45, 7) is 1.94. The number of benzene rings is 1. The summed E-state index contributed by atoms with van der Waals surface area (Å²) in [5.41, 5.74) is 0.405. The van der Waals surface area contributed by atoms with Crippen molar-refractivity contribution >= 4 is 29.4 Å². The molecule has 2 heterocycles. The van der Waals surface area contributed by atoms with Crippen molar-refractivity contribution in [3.63, 3.8) is 0 Å². The fourth-order valence-corrected chi connectivity index (χ4v) is 3.79. The van der Waals surface area contributed by atoms with E-state index < -0.39 is 46.8 Å². The monoisotopic (exact) mass is 419 g/mol. The summed E-state index contributed by atoms with van der Waals surface area (Å²) in [5.74, 6) is -1.82. The van der Waals surface area contributed by atoms with Crippen LogP contribution in [0.25, 0.3) is 0 Å². The zero-order valence-corrected chi connectivity index (χ0v) is 16.5. The first kappa shape index (κ1) is 21.2. The number of nitro benzene ring substituents is 1. The van der Waals surface area contributed by atoms with Gasteiger partial charge in [0.25, 0.3) is 5.69 Å². The van der Waals surface area contributed by atoms with Crippen molar-refractivity contribution in [2.24, 2.45) is 0 Å². The van der Waals surface area contributed by atoms with Crippen LogP contribution < -0.4 is 0 Å². The van der Waals surface area contributed by atoms with Crippen molar-refractivity contribution in [3.05, 3.63) is 39.9 Å². The molecule has 3 rings (SSSR count). The lowest BCUT2D eigenvalue weighted by Gasteiger charge is -2.48. The average molecular weight is 419 g/mol. The molecule has 3 unspecified atom stereocenters. The first-order valence-corrected chi connectivity index (χ1v) is 9.39. The van der Waals surface area contributed by atoms with E-state index in [-0.39, 0.29) is 25.3 Å². The summed E-state index contributed by atoms with van der Waals surface area (Å²) in [6, 6.07) is 2.65. The van der Waals surface area contributed by atoms with Crippen molar-refractivity contribution in [2.45, 2.75) is 44.5 Å². The number of fused-ring (bicyclic) bond motifs is 1. The van der Waals surface area contributed by atoms with Crippen LogP contribution in [-0.4, -0.2) is 70.3 Å². The number of amides is 2. The molecule has 11 heteroatoms. The average Bonchev–Trinajstić information content (AvgIpc) is 3.04. The third kappa shape index (κ3) is 3.70. The van der Waals surface area contributed by atoms with Gasteiger partial charge in [-0.05, 0) is 24.1 Å². The summed E-state index contributed by atoms with van der Waals surface area (Å²) in [6.07, 6.45) is -0.114. The Morgan fingerprint density at radius 1 is 1.27 bits per heavy atom. The molecule has 0 spiro atoms. The summed E-state index contributed by atoms with van der Waals surface area (Å²) in [4.78, 5) is 62.1. The van der Waals surface area contributed by atoms with E-state index in [1.165, 1.54) is 36.3 Å². The number of rotatable bonds is 7. The Bertz CT molecular complexity index is 884. The zero-order chi connectivity index (χ0) is 22.0. The molecule has 2 saturated heterocycles. The Morgan fingerprint density at radius 2 is 1.93 bits per heavy atom. The van der Waals surface area contributed by atoms with Crippen LogP contribution >= 0.6 is 0 Å². The van der Waals surface area contributed by atoms with Crippen LogP contribution in [0, 0.1) is 10.1 Å². The van der Waals surface area contributed by atoms with E-state index >= 15 is 0 Å². The minimum absolute atomic E-state index is 0.0507. The van der Waals surface area contributed by atoms with Crippen LogP contribution in [0.3, 0.4) is 0 Å². The molecule has 2 aliphatic rings. The first-order valence-electron chi connectivity index (χ1n) is 9.39. The van der Waals surface area contributed by atoms with Crippen LogP contribution in [-0.2, 0) is 30.5 Å². The van der Waals surface area contributed by atoms with Gasteiger partial charge in [-0.1, -0.05) is 6.92 Å². The van der Waals surface area contributed by atoms with Gasteiger partial charge in [-0.15, -0.1) is 0 Å². The highest BCUT2D eigenvalue weighted by Crippen LogP contribution is 2.37. The normalized spacial score (nSPS) is 22.2. The van der Waals surface area contributed by atoms with Gasteiger partial charge < -0.3 is 14.4 Å². The highest BCUT2D eigenvalue weighted by Gasteiger charge is 2.62. The molecule has 0 saturated carbocycles. The second-order valence-electron chi connectivity index (χ2n) is 7.03. The minimum atomic E-state index is -1.35. The van der Waals surface area contributed by atoms with Gasteiger partial charge in [-0.3, -0.25) is 24.6 Å². The Hall–Kier alpha value is -3.50. The van der Waals surface area contributed by atoms with Crippen LogP contribution in [0.5, 0.6) is 0 Å². The predicted octanol–water partition coefficient (Wildman–Crippen LogP) is 1.04. The number of ether oxygens (including phenoxy) is 2. The third-order valence-corrected chi connectivity index (χ3v) is 5.18. The number of hydrogen-bond acceptors (Lipinski definition) is 8. The van der Waals surface area contributed by atoms with Gasteiger partial charge in [-0.2, -0.15) is 0 Å². The van der Waals surface area contributed by atoms with E-state index in [0.29, 0.717) is 12.0 Å². The Labute approximate surface area is 171 Å². The molecule has 0 N–H and O–H groups in total. The van der Waals surface area contributed by atoms with E-state index in [9.17, 15) is 29.3 Å². The molecular formula is C19H21N3O8. The van der Waals surface area contributed by atoms with E-state index in [2.05, 4.69) is 0 Å². The molecule has 1 aromatic rings. The third-order valence-electron chi connectivity index (χ3n) is 5.18. The lowest BCUT2D eigenvalue weighted by Crippen LogP contribution is -2.71. The van der Waals surface area contributed by atoms with Gasteiger partial charge in [-0.25, -0.2) is 9.59 Å². The van der Waals surface area contributed by atoms with Gasteiger partial charge in [0.05, 0.1) is 18.1 Å². The maximum Gasteiger partial charge on any atom is 0.410 e. The zero-order valence-electron chi connectivity index (χ0n) is 16.5. The quantitative estimate of drug-likeness (QED) is 0.210. The van der Waals surface area contributed by atoms with Gasteiger partial charge in [0.1, 0.15) is 12.6 Å². The molecular weight excluding hydrogens is 398 g/mol. The van der Waals surface area contributed by atoms with Crippen molar-refractivity contribution in [1.82, 2.24) is 9.80 Å². The minimum Gasteiger partial charge on any atom is -0.459 e. The predicted molar refractivity (Wildman–Crippen MR) is 100 cm³/mol. The van der Waals surface area contributed by atoms with Crippen molar-refractivity contribution in [3.8, 4) is 0 Å². The topological polar surface area (TPSA) is 136 Å². The number of hydrogen-bond donors (Lipinski definition) is 0. The lowest BCUT2D eigenvalue weighted by atomic mass is 9.94. The molecule has 0 aliphatic carbocycles. The van der Waals surface area contributed by atoms with E-state index in [0.717, 1.165) is 4.90 Å². The summed E-state index contributed by atoms with van der Waals surface area (Å²) in [5, 5.41) is 10.7. The number of methoxy groups -OCH3 is 1. The van der Waals surface area contributed by atoms with Gasteiger partial charge in [0.2, 0.25) is 5.91 Å². The summed E-state index contributed by atoms with van der Waals surface area (Å²) in [7, 11) is 1.21. The number of esters is 1. The number of nitro groups is 1. The molecule has 0 bridgehead atoms. The molecule has 30 heavy (non-hydrogen) atoms. The van der Waals surface area contributed by atoms with Gasteiger partial charge in [0, 0.05) is 25.1 Å². The fraction of sp³-hybridized carbons (Fsp3) is 0.474. The standard InChI is InChI=1S/C19H21N3O8/c1-3-8-20(19(26)29-2)15-13-9-14(23)16(21(13)17(15)24)18(25)30-10-11-4-6-12(7-5-11)22(27)28/h4-7,13,15-16H,3,8-10H2,1-2H3. The molecule has 160 valence electrons. The van der Waals surface area contributed by atoms with Crippen molar-refractivity contribution in [2.75, 3.05) is 13.7 Å². The van der Waals surface area contributed by atoms with Crippen molar-refractivity contribution < 1.29 is 33.6 Å². The lowest BCUT2D eigenvalue weighted by molar-refractivity contribution is -0.384. The van der Waals surface area contributed by atoms with Gasteiger partial charge >= 0.3 is 12.1 Å². The molecule has 0 radical (unpaired) electrons. The molecule has 0 aromatic heterocycles. The van der Waals surface area contributed by atoms with E-state index in [1.54, 1.807) is 0 Å². The maximum absolute atomic E-state index is 12.7. The molecule has 3 atom stereocenters. The molecule has 2 aliphatic heterocycles. The molecule has 2 fully saturated rings. The number of non-ortho nitro benzene ring substituents is 1. The second kappa shape index (κ2) is 8.47. The van der Waals surface area contributed by atoms with Crippen LogP contribution in [0.2, 0.25) is 0 Å². The van der Waals surface area contributed by atoms with Crippen molar-refractivity contribution in [1.29, 1.82) is 0 Å². The number of nitrogens with zero attached hydrogens (tertiary/aromatic N) is 3. The molecule has 2 amide bonds. The van der Waals surface area contributed by atoms with Crippen LogP contribution in [0.1, 0.15) is 25.3 Å².